The maximum absolute atomic E-state index is 12.2. The van der Waals surface area contributed by atoms with E-state index in [2.05, 4.69) is 5.32 Å². The van der Waals surface area contributed by atoms with Crippen LogP contribution in [0.25, 0.3) is 0 Å². The first-order valence-corrected chi connectivity index (χ1v) is 8.36. The molecule has 0 unspecified atom stereocenters. The van der Waals surface area contributed by atoms with Crippen molar-refractivity contribution in [3.8, 4) is 11.5 Å². The molecule has 2 aromatic rings. The van der Waals surface area contributed by atoms with E-state index in [0.717, 1.165) is 5.75 Å². The van der Waals surface area contributed by atoms with E-state index in [0.29, 0.717) is 30.3 Å². The molecule has 0 spiro atoms. The van der Waals surface area contributed by atoms with Gasteiger partial charge < -0.3 is 14.8 Å². The molecular weight excluding hydrogens is 326 g/mol. The van der Waals surface area contributed by atoms with E-state index in [9.17, 15) is 4.79 Å². The molecule has 4 nitrogen and oxygen atoms in total. The maximum atomic E-state index is 12.2. The van der Waals surface area contributed by atoms with E-state index in [1.165, 1.54) is 5.56 Å². The van der Waals surface area contributed by atoms with E-state index in [-0.39, 0.29) is 5.91 Å². The molecule has 0 aliphatic rings. The predicted molar refractivity (Wildman–Crippen MR) is 95.8 cm³/mol. The maximum Gasteiger partial charge on any atom is 0.261 e. The Bertz CT molecular complexity index is 658. The average Bonchev–Trinajstić information content (AvgIpc) is 2.59. The normalized spacial score (nSPS) is 11.6. The molecule has 24 heavy (non-hydrogen) atoms. The number of hydrogen-bond donors (Lipinski definition) is 1. The van der Waals surface area contributed by atoms with Crippen molar-refractivity contribution in [3.63, 3.8) is 0 Å². The van der Waals surface area contributed by atoms with E-state index in [4.69, 9.17) is 21.1 Å². The number of halogens is 1. The first-order chi connectivity index (χ1) is 11.6. The topological polar surface area (TPSA) is 47.6 Å². The van der Waals surface area contributed by atoms with Crippen molar-refractivity contribution in [1.29, 1.82) is 0 Å². The lowest BCUT2D eigenvalue weighted by molar-refractivity contribution is -0.128. The number of carbonyl (C=O) groups is 1. The molecule has 0 radical (unpaired) electrons. The fourth-order valence-corrected chi connectivity index (χ4v) is 2.29. The number of rotatable bonds is 8. The van der Waals surface area contributed by atoms with Crippen LogP contribution in [-0.4, -0.2) is 25.2 Å². The summed E-state index contributed by atoms with van der Waals surface area (Å²) in [4.78, 5) is 12.2. The predicted octanol–water partition coefficient (Wildman–Crippen LogP) is 4.00. The van der Waals surface area contributed by atoms with Crippen LogP contribution in [0, 0.1) is 6.92 Å². The number of benzene rings is 2. The van der Waals surface area contributed by atoms with Gasteiger partial charge in [0.05, 0.1) is 11.6 Å². The lowest BCUT2D eigenvalue weighted by Crippen LogP contribution is -2.39. The third-order valence-electron chi connectivity index (χ3n) is 3.46. The van der Waals surface area contributed by atoms with E-state index >= 15 is 0 Å². The van der Waals surface area contributed by atoms with Crippen LogP contribution in [0.3, 0.4) is 0 Å². The first-order valence-electron chi connectivity index (χ1n) is 7.98. The minimum Gasteiger partial charge on any atom is -0.492 e. The molecule has 0 aliphatic carbocycles. The van der Waals surface area contributed by atoms with Crippen LogP contribution in [-0.2, 0) is 4.79 Å². The summed E-state index contributed by atoms with van der Waals surface area (Å²) in [6.07, 6.45) is -0.0279. The molecule has 1 atom stereocenters. The standard InChI is InChI=1S/C19H22ClNO3/c1-3-17(24-18-7-5-4-6-16(18)20)19(22)21-12-13-23-15-10-8-14(2)9-11-15/h4-11,17H,3,12-13H2,1-2H3,(H,21,22)/t17-/m0/s1. The van der Waals surface area contributed by atoms with Gasteiger partial charge in [0, 0.05) is 0 Å². The molecule has 0 heterocycles. The van der Waals surface area contributed by atoms with Crippen LogP contribution in [0.1, 0.15) is 18.9 Å². The van der Waals surface area contributed by atoms with Gasteiger partial charge in [-0.15, -0.1) is 0 Å². The lowest BCUT2D eigenvalue weighted by atomic mass is 10.2. The zero-order valence-corrected chi connectivity index (χ0v) is 14.7. The molecule has 5 heteroatoms. The minimum absolute atomic E-state index is 0.176. The average molecular weight is 348 g/mol. The summed E-state index contributed by atoms with van der Waals surface area (Å²) in [6.45, 7) is 4.73. The van der Waals surface area contributed by atoms with Crippen molar-refractivity contribution in [2.75, 3.05) is 13.2 Å². The molecule has 2 rings (SSSR count). The van der Waals surface area contributed by atoms with Gasteiger partial charge in [-0.1, -0.05) is 48.4 Å². The summed E-state index contributed by atoms with van der Waals surface area (Å²) < 4.78 is 11.3. The van der Waals surface area contributed by atoms with Crippen molar-refractivity contribution < 1.29 is 14.3 Å². The fourth-order valence-electron chi connectivity index (χ4n) is 2.11. The Morgan fingerprint density at radius 2 is 1.88 bits per heavy atom. The highest BCUT2D eigenvalue weighted by atomic mass is 35.5. The van der Waals surface area contributed by atoms with Gasteiger partial charge in [0.2, 0.25) is 0 Å². The van der Waals surface area contributed by atoms with E-state index in [1.807, 2.05) is 50.2 Å². The van der Waals surface area contributed by atoms with Crippen molar-refractivity contribution in [3.05, 3.63) is 59.1 Å². The molecule has 0 aliphatic heterocycles. The summed E-state index contributed by atoms with van der Waals surface area (Å²) in [6, 6.07) is 14.9. The van der Waals surface area contributed by atoms with Crippen LogP contribution in [0.15, 0.2) is 48.5 Å². The summed E-state index contributed by atoms with van der Waals surface area (Å²) in [5, 5.41) is 3.32. The molecular formula is C19H22ClNO3. The Kier molecular flexibility index (Phi) is 6.94. The van der Waals surface area contributed by atoms with Gasteiger partial charge in [-0.25, -0.2) is 0 Å². The summed E-state index contributed by atoms with van der Waals surface area (Å²) >= 11 is 6.06. The molecule has 1 amide bonds. The molecule has 0 saturated carbocycles. The van der Waals surface area contributed by atoms with Gasteiger partial charge in [0.15, 0.2) is 6.10 Å². The highest BCUT2D eigenvalue weighted by Gasteiger charge is 2.18. The van der Waals surface area contributed by atoms with E-state index in [1.54, 1.807) is 12.1 Å². The van der Waals surface area contributed by atoms with E-state index < -0.39 is 6.10 Å². The number of hydrogen-bond acceptors (Lipinski definition) is 3. The van der Waals surface area contributed by atoms with Crippen LogP contribution < -0.4 is 14.8 Å². The SMILES string of the molecule is CC[C@H](Oc1ccccc1Cl)C(=O)NCCOc1ccc(C)cc1. The third kappa shape index (κ3) is 5.46. The minimum atomic E-state index is -0.579. The van der Waals surface area contributed by atoms with Crippen molar-refractivity contribution in [1.82, 2.24) is 5.32 Å². The number of amides is 1. The number of ether oxygens (including phenoxy) is 2. The summed E-state index contributed by atoms with van der Waals surface area (Å²) in [5.74, 6) is 1.12. The van der Waals surface area contributed by atoms with Gasteiger partial charge in [-0.2, -0.15) is 0 Å². The second-order valence-electron chi connectivity index (χ2n) is 5.40. The fraction of sp³-hybridized carbons (Fsp3) is 0.316. The lowest BCUT2D eigenvalue weighted by Gasteiger charge is -2.18. The molecule has 0 fully saturated rings. The highest BCUT2D eigenvalue weighted by molar-refractivity contribution is 6.32. The monoisotopic (exact) mass is 347 g/mol. The van der Waals surface area contributed by atoms with Crippen molar-refractivity contribution in [2.45, 2.75) is 26.4 Å². The smallest absolute Gasteiger partial charge is 0.261 e. The number of aryl methyl sites for hydroxylation is 1. The van der Waals surface area contributed by atoms with Crippen LogP contribution >= 0.6 is 11.6 Å². The third-order valence-corrected chi connectivity index (χ3v) is 3.77. The first kappa shape index (κ1) is 18.1. The van der Waals surface area contributed by atoms with Gasteiger partial charge in [0.25, 0.3) is 5.91 Å². The Balaban J connectivity index is 1.77. The Labute approximate surface area is 147 Å². The summed E-state index contributed by atoms with van der Waals surface area (Å²) in [7, 11) is 0. The molecule has 0 bridgehead atoms. The Hall–Kier alpha value is -2.20. The Morgan fingerprint density at radius 1 is 1.17 bits per heavy atom. The molecule has 128 valence electrons. The second-order valence-corrected chi connectivity index (χ2v) is 5.80. The van der Waals surface area contributed by atoms with Crippen molar-refractivity contribution in [2.24, 2.45) is 0 Å². The Morgan fingerprint density at radius 3 is 2.54 bits per heavy atom. The van der Waals surface area contributed by atoms with Gasteiger partial charge in [0.1, 0.15) is 18.1 Å². The van der Waals surface area contributed by atoms with Gasteiger partial charge >= 0.3 is 0 Å². The molecule has 0 saturated heterocycles. The second kappa shape index (κ2) is 9.18. The van der Waals surface area contributed by atoms with Crippen LogP contribution in [0.2, 0.25) is 5.02 Å². The molecule has 1 N–H and O–H groups in total. The number of para-hydroxylation sites is 1. The zero-order valence-electron chi connectivity index (χ0n) is 13.9. The van der Waals surface area contributed by atoms with Gasteiger partial charge in [-0.3, -0.25) is 4.79 Å². The summed E-state index contributed by atoms with van der Waals surface area (Å²) in [5.41, 5.74) is 1.18. The quantitative estimate of drug-likeness (QED) is 0.734. The highest BCUT2D eigenvalue weighted by Crippen LogP contribution is 2.24. The number of nitrogens with one attached hydrogen (secondary N) is 1. The van der Waals surface area contributed by atoms with Crippen LogP contribution in [0.4, 0.5) is 0 Å². The zero-order chi connectivity index (χ0) is 17.4. The molecule has 0 aromatic heterocycles. The van der Waals surface area contributed by atoms with Gasteiger partial charge in [-0.05, 0) is 37.6 Å². The largest absolute Gasteiger partial charge is 0.492 e. The number of carbonyl (C=O) groups excluding carboxylic acids is 1. The molecule has 2 aromatic carbocycles. The van der Waals surface area contributed by atoms with Crippen molar-refractivity contribution >= 4 is 17.5 Å². The van der Waals surface area contributed by atoms with Crippen LogP contribution in [0.5, 0.6) is 11.5 Å².